The fraction of sp³-hybridized carbons (Fsp3) is 0. The Morgan fingerprint density at radius 1 is 0.250 bits per heavy atom. The summed E-state index contributed by atoms with van der Waals surface area (Å²) in [5, 5.41) is 4.37. The molecule has 262 valence electrons. The van der Waals surface area contributed by atoms with Crippen LogP contribution in [-0.4, -0.2) is 39.0 Å². The van der Waals surface area contributed by atoms with E-state index in [2.05, 4.69) is 69.8 Å². The monoisotopic (exact) mass is 718 g/mol. The van der Waals surface area contributed by atoms with Crippen molar-refractivity contribution in [3.63, 3.8) is 0 Å². The smallest absolute Gasteiger partial charge is 0.238 e. The van der Waals surface area contributed by atoms with Gasteiger partial charge in [-0.15, -0.1) is 0 Å². The summed E-state index contributed by atoms with van der Waals surface area (Å²) in [6.45, 7) is 0. The molecule has 0 saturated heterocycles. The molecule has 0 unspecified atom stereocenters. The van der Waals surface area contributed by atoms with Crippen molar-refractivity contribution in [2.45, 2.75) is 0 Å². The van der Waals surface area contributed by atoms with E-state index in [-0.39, 0.29) is 0 Å². The van der Waals surface area contributed by atoms with E-state index < -0.39 is 0 Å². The van der Waals surface area contributed by atoms with E-state index in [1.807, 2.05) is 121 Å². The highest BCUT2D eigenvalue weighted by atomic mass is 15.2. The van der Waals surface area contributed by atoms with Crippen LogP contribution in [0.5, 0.6) is 0 Å². The van der Waals surface area contributed by atoms with Crippen LogP contribution in [0.3, 0.4) is 0 Å². The lowest BCUT2D eigenvalue weighted by atomic mass is 10.1. The first kappa shape index (κ1) is 31.7. The molecule has 4 heterocycles. The molecule has 0 aliphatic rings. The van der Waals surface area contributed by atoms with Crippen molar-refractivity contribution in [1.82, 2.24) is 39.0 Å². The minimum Gasteiger partial charge on any atom is -0.278 e. The summed E-state index contributed by atoms with van der Waals surface area (Å²) in [6.07, 6.45) is 0. The molecular formula is C48H30N8. The van der Waals surface area contributed by atoms with Gasteiger partial charge in [-0.3, -0.25) is 9.13 Å². The van der Waals surface area contributed by atoms with Gasteiger partial charge in [-0.25, -0.2) is 9.97 Å². The van der Waals surface area contributed by atoms with Crippen LogP contribution in [-0.2, 0) is 0 Å². The van der Waals surface area contributed by atoms with Crippen LogP contribution in [0, 0.1) is 0 Å². The van der Waals surface area contributed by atoms with Crippen LogP contribution in [0.4, 0.5) is 0 Å². The van der Waals surface area contributed by atoms with Gasteiger partial charge < -0.3 is 0 Å². The van der Waals surface area contributed by atoms with E-state index in [4.69, 9.17) is 29.9 Å². The molecule has 11 rings (SSSR count). The van der Waals surface area contributed by atoms with Gasteiger partial charge in [-0.1, -0.05) is 158 Å². The molecule has 0 saturated carbocycles. The fourth-order valence-electron chi connectivity index (χ4n) is 7.66. The highest BCUT2D eigenvalue weighted by Gasteiger charge is 2.22. The Morgan fingerprint density at radius 2 is 0.554 bits per heavy atom. The van der Waals surface area contributed by atoms with Crippen LogP contribution >= 0.6 is 0 Å². The maximum Gasteiger partial charge on any atom is 0.238 e. The van der Waals surface area contributed by atoms with E-state index in [0.29, 0.717) is 35.2 Å². The molecule has 4 aromatic heterocycles. The SMILES string of the molecule is c1ccc(-c2nc(-c3ccccc3)nc(-n3c4ccccc4c4cc5c6ccccc6n(-c6nc(-c7ccccc7)nc(-c7ccccc7)n6)c5cc43)n2)cc1. The van der Waals surface area contributed by atoms with Crippen LogP contribution in [0.25, 0.3) is 101 Å². The highest BCUT2D eigenvalue weighted by Crippen LogP contribution is 2.39. The number of hydrogen-bond donors (Lipinski definition) is 0. The van der Waals surface area contributed by atoms with Crippen LogP contribution in [0.1, 0.15) is 0 Å². The highest BCUT2D eigenvalue weighted by molar-refractivity contribution is 6.19. The van der Waals surface area contributed by atoms with Gasteiger partial charge in [-0.2, -0.15) is 19.9 Å². The number of rotatable bonds is 6. The Hall–Kier alpha value is -7.84. The van der Waals surface area contributed by atoms with Crippen molar-refractivity contribution in [1.29, 1.82) is 0 Å². The fourth-order valence-corrected chi connectivity index (χ4v) is 7.66. The van der Waals surface area contributed by atoms with Crippen LogP contribution in [0.2, 0.25) is 0 Å². The van der Waals surface area contributed by atoms with Crippen LogP contribution < -0.4 is 0 Å². The number of nitrogens with zero attached hydrogens (tertiary/aromatic N) is 8. The van der Waals surface area contributed by atoms with E-state index in [1.54, 1.807) is 0 Å². The summed E-state index contributed by atoms with van der Waals surface area (Å²) >= 11 is 0. The van der Waals surface area contributed by atoms with Crippen molar-refractivity contribution in [2.75, 3.05) is 0 Å². The quantitative estimate of drug-likeness (QED) is 0.170. The Kier molecular flexibility index (Phi) is 7.31. The van der Waals surface area contributed by atoms with Crippen molar-refractivity contribution >= 4 is 43.6 Å². The summed E-state index contributed by atoms with van der Waals surface area (Å²) in [4.78, 5) is 30.6. The van der Waals surface area contributed by atoms with E-state index >= 15 is 0 Å². The molecule has 0 aliphatic heterocycles. The predicted octanol–water partition coefficient (Wildman–Crippen LogP) is 10.9. The van der Waals surface area contributed by atoms with E-state index in [9.17, 15) is 0 Å². The number of hydrogen-bond acceptors (Lipinski definition) is 6. The van der Waals surface area contributed by atoms with Gasteiger partial charge in [0.05, 0.1) is 22.1 Å². The van der Waals surface area contributed by atoms with Crippen molar-refractivity contribution in [3.05, 3.63) is 182 Å². The molecule has 0 bridgehead atoms. The molecule has 0 aliphatic carbocycles. The number of fused-ring (bicyclic) bond motifs is 6. The summed E-state index contributed by atoms with van der Waals surface area (Å²) in [5.74, 6) is 3.46. The molecule has 0 N–H and O–H groups in total. The second kappa shape index (κ2) is 12.9. The van der Waals surface area contributed by atoms with Gasteiger partial charge in [-0.05, 0) is 24.3 Å². The van der Waals surface area contributed by atoms with Crippen molar-refractivity contribution < 1.29 is 0 Å². The molecule has 0 spiro atoms. The number of benzene rings is 7. The second-order valence-corrected chi connectivity index (χ2v) is 13.6. The summed E-state index contributed by atoms with van der Waals surface area (Å²) < 4.78 is 4.32. The third kappa shape index (κ3) is 5.23. The van der Waals surface area contributed by atoms with E-state index in [1.165, 1.54) is 0 Å². The summed E-state index contributed by atoms with van der Waals surface area (Å²) in [7, 11) is 0. The lowest BCUT2D eigenvalue weighted by Crippen LogP contribution is -2.07. The van der Waals surface area contributed by atoms with Gasteiger partial charge in [0.15, 0.2) is 23.3 Å². The third-order valence-electron chi connectivity index (χ3n) is 10.2. The van der Waals surface area contributed by atoms with Gasteiger partial charge >= 0.3 is 0 Å². The van der Waals surface area contributed by atoms with Gasteiger partial charge in [0.25, 0.3) is 0 Å². The molecule has 0 radical (unpaired) electrons. The van der Waals surface area contributed by atoms with Crippen molar-refractivity contribution in [2.24, 2.45) is 0 Å². The number of para-hydroxylation sites is 2. The summed E-state index contributed by atoms with van der Waals surface area (Å²) in [6, 6.07) is 61.7. The minimum atomic E-state index is 0.531. The third-order valence-corrected chi connectivity index (χ3v) is 10.2. The molecule has 11 aromatic rings. The zero-order chi connectivity index (χ0) is 37.0. The predicted molar refractivity (Wildman–Crippen MR) is 224 cm³/mol. The molecule has 8 nitrogen and oxygen atoms in total. The van der Waals surface area contributed by atoms with Gasteiger partial charge in [0.2, 0.25) is 11.9 Å². The van der Waals surface area contributed by atoms with E-state index in [0.717, 1.165) is 65.9 Å². The molecule has 0 atom stereocenters. The zero-order valence-corrected chi connectivity index (χ0v) is 29.9. The Bertz CT molecular complexity index is 2900. The average Bonchev–Trinajstić information content (AvgIpc) is 3.78. The van der Waals surface area contributed by atoms with Crippen LogP contribution in [0.15, 0.2) is 182 Å². The maximum atomic E-state index is 5.17. The van der Waals surface area contributed by atoms with Crippen molar-refractivity contribution in [3.8, 4) is 57.4 Å². The standard InChI is InChI=1S/C48H30N8/c1-5-17-31(18-6-1)43-49-44(32-19-7-2-8-20-32)52-47(51-43)55-39-27-15-13-25-35(39)37-29-38-36-26-14-16-28-40(36)56(42(38)30-41(37)55)48-53-45(33-21-9-3-10-22-33)50-46(54-48)34-23-11-4-12-24-34/h1-30H. The average molecular weight is 719 g/mol. The molecular weight excluding hydrogens is 689 g/mol. The number of aromatic nitrogens is 8. The zero-order valence-electron chi connectivity index (χ0n) is 29.9. The first-order valence-electron chi connectivity index (χ1n) is 18.5. The lowest BCUT2D eigenvalue weighted by molar-refractivity contribution is 0.949. The first-order valence-corrected chi connectivity index (χ1v) is 18.5. The molecule has 7 aromatic carbocycles. The minimum absolute atomic E-state index is 0.531. The molecule has 56 heavy (non-hydrogen) atoms. The Morgan fingerprint density at radius 3 is 0.893 bits per heavy atom. The van der Waals surface area contributed by atoms with Gasteiger partial charge in [0.1, 0.15) is 0 Å². The summed E-state index contributed by atoms with van der Waals surface area (Å²) in [5.41, 5.74) is 7.54. The second-order valence-electron chi connectivity index (χ2n) is 13.6. The van der Waals surface area contributed by atoms with Gasteiger partial charge in [0, 0.05) is 43.8 Å². The normalized spacial score (nSPS) is 11.6. The lowest BCUT2D eigenvalue weighted by Gasteiger charge is -2.12. The topological polar surface area (TPSA) is 87.2 Å². The molecule has 8 heteroatoms. The molecule has 0 amide bonds. The largest absolute Gasteiger partial charge is 0.278 e. The Balaban J connectivity index is 1.23. The first-order chi connectivity index (χ1) is 27.8. The Labute approximate surface area is 321 Å². The maximum absolute atomic E-state index is 5.17. The molecule has 0 fully saturated rings.